The van der Waals surface area contributed by atoms with Gasteiger partial charge in [0.2, 0.25) is 0 Å². The molecule has 2 aromatic rings. The van der Waals surface area contributed by atoms with Gasteiger partial charge in [-0.1, -0.05) is 0 Å². The second-order valence-electron chi connectivity index (χ2n) is 3.80. The third-order valence-corrected chi connectivity index (χ3v) is 2.63. The van der Waals surface area contributed by atoms with Gasteiger partial charge in [-0.15, -0.1) is 0 Å². The van der Waals surface area contributed by atoms with E-state index in [1.807, 2.05) is 0 Å². The summed E-state index contributed by atoms with van der Waals surface area (Å²) in [5, 5.41) is 7.64. The van der Waals surface area contributed by atoms with E-state index in [2.05, 4.69) is 21.0 Å². The van der Waals surface area contributed by atoms with Crippen LogP contribution in [-0.4, -0.2) is 37.1 Å². The summed E-state index contributed by atoms with van der Waals surface area (Å²) in [5.74, 6) is 1.61. The number of nitrogens with zero attached hydrogens (tertiary/aromatic N) is 1. The van der Waals surface area contributed by atoms with Gasteiger partial charge < -0.3 is 14.2 Å². The van der Waals surface area contributed by atoms with Crippen molar-refractivity contribution >= 4 is 22.8 Å². The number of carbonyl (C=O) groups is 1. The van der Waals surface area contributed by atoms with Gasteiger partial charge in [-0.3, -0.25) is 10.5 Å². The molecular weight excluding hydrogens is 264 g/mol. The molecule has 0 saturated carbocycles. The van der Waals surface area contributed by atoms with E-state index in [-0.39, 0.29) is 0 Å². The van der Waals surface area contributed by atoms with E-state index in [0.717, 1.165) is 10.9 Å². The van der Waals surface area contributed by atoms with E-state index >= 15 is 0 Å². The first-order valence-corrected chi connectivity index (χ1v) is 5.98. The number of benzene rings is 1. The molecule has 1 aromatic carbocycles. The van der Waals surface area contributed by atoms with Gasteiger partial charge in [0.15, 0.2) is 17.3 Å². The number of rotatable bonds is 5. The fourth-order valence-corrected chi connectivity index (χ4v) is 1.72. The molecule has 8 nitrogen and oxygen atoms in total. The summed E-state index contributed by atoms with van der Waals surface area (Å²) in [7, 11) is 3.11. The molecule has 0 bridgehead atoms. The predicted molar refractivity (Wildman–Crippen MR) is 73.0 cm³/mol. The van der Waals surface area contributed by atoms with Gasteiger partial charge in [0.1, 0.15) is 0 Å². The second-order valence-corrected chi connectivity index (χ2v) is 3.80. The summed E-state index contributed by atoms with van der Waals surface area (Å²) in [5.41, 5.74) is 5.80. The Morgan fingerprint density at radius 3 is 2.65 bits per heavy atom. The van der Waals surface area contributed by atoms with Crippen LogP contribution in [0.4, 0.5) is 10.6 Å². The predicted octanol–water partition coefficient (Wildman–Crippen LogP) is 1.65. The first kappa shape index (κ1) is 13.8. The minimum Gasteiger partial charge on any atom is -0.493 e. The number of hydrogen-bond donors (Lipinski definition) is 3. The van der Waals surface area contributed by atoms with Crippen LogP contribution in [0.3, 0.4) is 0 Å². The Bertz CT molecular complexity index is 611. The number of anilines is 1. The van der Waals surface area contributed by atoms with Crippen molar-refractivity contribution in [3.05, 3.63) is 12.1 Å². The molecule has 0 saturated heterocycles. The summed E-state index contributed by atoms with van der Waals surface area (Å²) < 4.78 is 15.2. The first-order chi connectivity index (χ1) is 9.69. The SMILES string of the molecule is CCOC(=O)NNc1n[nH]c2cc(OC)c(OC)cc12. The maximum Gasteiger partial charge on any atom is 0.425 e. The molecule has 0 spiro atoms. The second kappa shape index (κ2) is 6.00. The van der Waals surface area contributed by atoms with Crippen LogP contribution in [0.15, 0.2) is 12.1 Å². The lowest BCUT2D eigenvalue weighted by atomic mass is 10.2. The van der Waals surface area contributed by atoms with Gasteiger partial charge in [-0.05, 0) is 13.0 Å². The topological polar surface area (TPSA) is 97.5 Å². The molecule has 0 aliphatic rings. The smallest absolute Gasteiger partial charge is 0.425 e. The number of aromatic nitrogens is 2. The number of nitrogens with one attached hydrogen (secondary N) is 3. The largest absolute Gasteiger partial charge is 0.493 e. The van der Waals surface area contributed by atoms with Crippen molar-refractivity contribution in [3.63, 3.8) is 0 Å². The summed E-state index contributed by atoms with van der Waals surface area (Å²) in [6.45, 7) is 2.01. The maximum atomic E-state index is 11.2. The molecule has 108 valence electrons. The van der Waals surface area contributed by atoms with E-state index in [9.17, 15) is 4.79 Å². The van der Waals surface area contributed by atoms with E-state index < -0.39 is 6.09 Å². The highest BCUT2D eigenvalue weighted by Crippen LogP contribution is 2.33. The Kier molecular flexibility index (Phi) is 4.14. The van der Waals surface area contributed by atoms with E-state index in [0.29, 0.717) is 23.9 Å². The molecule has 1 heterocycles. The number of H-pyrrole nitrogens is 1. The van der Waals surface area contributed by atoms with E-state index in [4.69, 9.17) is 14.2 Å². The van der Waals surface area contributed by atoms with Crippen molar-refractivity contribution in [1.29, 1.82) is 0 Å². The Hall–Kier alpha value is -2.64. The van der Waals surface area contributed by atoms with Gasteiger partial charge >= 0.3 is 6.09 Å². The third kappa shape index (κ3) is 2.68. The molecule has 0 fully saturated rings. The van der Waals surface area contributed by atoms with Crippen molar-refractivity contribution in [2.75, 3.05) is 26.3 Å². The Labute approximate surface area is 115 Å². The summed E-state index contributed by atoms with van der Waals surface area (Å²) in [6.07, 6.45) is -0.580. The fourth-order valence-electron chi connectivity index (χ4n) is 1.72. The molecular formula is C12H16N4O4. The zero-order valence-corrected chi connectivity index (χ0v) is 11.4. The lowest BCUT2D eigenvalue weighted by molar-refractivity contribution is 0.154. The molecule has 0 atom stereocenters. The van der Waals surface area contributed by atoms with Crippen LogP contribution in [0.25, 0.3) is 10.9 Å². The standard InChI is InChI=1S/C12H16N4O4/c1-4-20-12(17)16-15-11-7-5-9(18-2)10(19-3)6-8(7)13-14-11/h5-6H,4H2,1-3H3,(H,16,17)(H2,13,14,15). The van der Waals surface area contributed by atoms with Gasteiger partial charge in [0.25, 0.3) is 0 Å². The number of fused-ring (bicyclic) bond motifs is 1. The van der Waals surface area contributed by atoms with Crippen LogP contribution in [0.5, 0.6) is 11.5 Å². The number of amides is 1. The highest BCUT2D eigenvalue weighted by atomic mass is 16.6. The van der Waals surface area contributed by atoms with Crippen LogP contribution in [0.1, 0.15) is 6.92 Å². The van der Waals surface area contributed by atoms with Crippen molar-refractivity contribution in [2.45, 2.75) is 6.92 Å². The number of hydrazine groups is 1. The Balaban J connectivity index is 2.24. The normalized spacial score (nSPS) is 10.2. The van der Waals surface area contributed by atoms with Crippen molar-refractivity contribution in [1.82, 2.24) is 15.6 Å². The zero-order valence-electron chi connectivity index (χ0n) is 11.4. The number of ether oxygens (including phenoxy) is 3. The molecule has 8 heteroatoms. The molecule has 1 aromatic heterocycles. The van der Waals surface area contributed by atoms with Gasteiger partial charge in [0.05, 0.1) is 26.3 Å². The average Bonchev–Trinajstić information content (AvgIpc) is 2.86. The minimum atomic E-state index is -0.580. The van der Waals surface area contributed by atoms with Gasteiger partial charge in [-0.2, -0.15) is 5.10 Å². The molecule has 20 heavy (non-hydrogen) atoms. The molecule has 0 aliphatic carbocycles. The van der Waals surface area contributed by atoms with Gasteiger partial charge in [-0.25, -0.2) is 10.2 Å². The number of carbonyl (C=O) groups excluding carboxylic acids is 1. The number of hydrogen-bond acceptors (Lipinski definition) is 6. The zero-order chi connectivity index (χ0) is 14.5. The molecule has 3 N–H and O–H groups in total. The number of methoxy groups -OCH3 is 2. The molecule has 0 unspecified atom stereocenters. The van der Waals surface area contributed by atoms with Crippen LogP contribution in [-0.2, 0) is 4.74 Å². The van der Waals surface area contributed by atoms with Gasteiger partial charge in [0, 0.05) is 11.5 Å². The minimum absolute atomic E-state index is 0.292. The summed E-state index contributed by atoms with van der Waals surface area (Å²) in [6, 6.07) is 3.52. The van der Waals surface area contributed by atoms with Crippen LogP contribution < -0.4 is 20.3 Å². The Morgan fingerprint density at radius 1 is 1.30 bits per heavy atom. The fraction of sp³-hybridized carbons (Fsp3) is 0.333. The van der Waals surface area contributed by atoms with Crippen molar-refractivity contribution < 1.29 is 19.0 Å². The summed E-state index contributed by atoms with van der Waals surface area (Å²) in [4.78, 5) is 11.2. The molecule has 0 aliphatic heterocycles. The third-order valence-electron chi connectivity index (χ3n) is 2.63. The molecule has 2 rings (SSSR count). The van der Waals surface area contributed by atoms with E-state index in [1.54, 1.807) is 33.3 Å². The monoisotopic (exact) mass is 280 g/mol. The van der Waals surface area contributed by atoms with Crippen LogP contribution in [0, 0.1) is 0 Å². The van der Waals surface area contributed by atoms with Crippen LogP contribution in [0.2, 0.25) is 0 Å². The van der Waals surface area contributed by atoms with E-state index in [1.165, 1.54) is 0 Å². The van der Waals surface area contributed by atoms with Crippen LogP contribution >= 0.6 is 0 Å². The first-order valence-electron chi connectivity index (χ1n) is 5.98. The van der Waals surface area contributed by atoms with Crippen molar-refractivity contribution in [2.24, 2.45) is 0 Å². The van der Waals surface area contributed by atoms with Crippen molar-refractivity contribution in [3.8, 4) is 11.5 Å². The molecule has 0 radical (unpaired) electrons. The highest BCUT2D eigenvalue weighted by molar-refractivity contribution is 5.92. The molecule has 1 amide bonds. The maximum absolute atomic E-state index is 11.2. The Morgan fingerprint density at radius 2 is 2.00 bits per heavy atom. The lowest BCUT2D eigenvalue weighted by Gasteiger charge is -2.08. The lowest BCUT2D eigenvalue weighted by Crippen LogP contribution is -2.30. The average molecular weight is 280 g/mol. The highest BCUT2D eigenvalue weighted by Gasteiger charge is 2.12. The quantitative estimate of drug-likeness (QED) is 0.720. The number of aromatic amines is 1. The summed E-state index contributed by atoms with van der Waals surface area (Å²) >= 11 is 0.